The van der Waals surface area contributed by atoms with Crippen LogP contribution in [0.5, 0.6) is 34.5 Å². The maximum absolute atomic E-state index is 6.66. The van der Waals surface area contributed by atoms with Crippen LogP contribution in [0.2, 0.25) is 0 Å². The minimum absolute atomic E-state index is 0.119. The second kappa shape index (κ2) is 33.7. The molecule has 0 aliphatic rings. The van der Waals surface area contributed by atoms with Gasteiger partial charge in [0, 0.05) is 44.2 Å². The molecule has 438 valence electrons. The number of aromatic nitrogens is 24. The Balaban J connectivity index is 0.987. The van der Waals surface area contributed by atoms with E-state index >= 15 is 0 Å². The quantitative estimate of drug-likeness (QED) is 0.0216. The molecule has 6 heterocycles. The molecule has 30 heteroatoms. The van der Waals surface area contributed by atoms with E-state index in [2.05, 4.69) is 147 Å². The Labute approximate surface area is 482 Å². The molecule has 0 saturated carbocycles. The minimum Gasteiger partial charge on any atom is -0.494 e. The Bertz CT molecular complexity index is 3360. The molecule has 0 fully saturated rings. The first kappa shape index (κ1) is 58.6. The Morgan fingerprint density at radius 1 is 0.274 bits per heavy atom. The number of hydrogen-bond donors (Lipinski definition) is 6. The molecule has 0 spiro atoms. The zero-order chi connectivity index (χ0) is 57.3. The normalized spacial score (nSPS) is 11.0. The van der Waals surface area contributed by atoms with Crippen molar-refractivity contribution in [1.82, 2.24) is 124 Å². The molecule has 84 heavy (non-hydrogen) atoms. The monoisotopic (exact) mass is 1150 g/mol. The Morgan fingerprint density at radius 2 is 0.560 bits per heavy atom. The van der Waals surface area contributed by atoms with Crippen molar-refractivity contribution >= 4 is 0 Å². The van der Waals surface area contributed by atoms with Crippen LogP contribution in [0.3, 0.4) is 0 Å². The Morgan fingerprint density at radius 3 is 0.881 bits per heavy atom. The van der Waals surface area contributed by atoms with E-state index in [1.54, 1.807) is 0 Å². The molecule has 0 saturated heterocycles. The topological polar surface area (TPSA) is 382 Å². The molecule has 9 aromatic rings. The second-order valence-electron chi connectivity index (χ2n) is 19.3. The van der Waals surface area contributed by atoms with Crippen molar-refractivity contribution in [3.8, 4) is 58.2 Å². The van der Waals surface area contributed by atoms with Crippen LogP contribution in [0.15, 0.2) is 48.5 Å². The van der Waals surface area contributed by atoms with Crippen LogP contribution in [0.25, 0.3) is 0 Å². The third-order valence-corrected chi connectivity index (χ3v) is 12.9. The molecule has 30 nitrogen and oxygen atoms in total. The first-order valence-electron chi connectivity index (χ1n) is 28.3. The van der Waals surface area contributed by atoms with E-state index in [0.717, 1.165) is 158 Å². The van der Waals surface area contributed by atoms with Crippen molar-refractivity contribution in [1.29, 1.82) is 0 Å². The second-order valence-corrected chi connectivity index (χ2v) is 19.3. The fraction of sp³-hybridized carbons (Fsp3) is 0.481. The number of benzene rings is 3. The van der Waals surface area contributed by atoms with Crippen molar-refractivity contribution < 1.29 is 28.4 Å². The fourth-order valence-corrected chi connectivity index (χ4v) is 8.50. The van der Waals surface area contributed by atoms with Gasteiger partial charge in [0.2, 0.25) is 0 Å². The molecule has 0 unspecified atom stereocenters. The largest absolute Gasteiger partial charge is 0.494 e. The summed E-state index contributed by atoms with van der Waals surface area (Å²) < 4.78 is 38.5. The van der Waals surface area contributed by atoms with Gasteiger partial charge in [-0.05, 0) is 195 Å². The number of nitrogens with one attached hydrogen (secondary N) is 6. The number of rotatable bonds is 38. The number of aryl methyl sites for hydroxylation is 5. The van der Waals surface area contributed by atoms with Gasteiger partial charge in [0.1, 0.15) is 70.2 Å². The van der Waals surface area contributed by atoms with E-state index in [1.165, 1.54) is 0 Å². The van der Waals surface area contributed by atoms with Crippen molar-refractivity contribution in [2.24, 2.45) is 0 Å². The van der Waals surface area contributed by atoms with Gasteiger partial charge in [-0.3, -0.25) is 0 Å². The number of nitrogens with zero attached hydrogens (tertiary/aromatic N) is 18. The average molecular weight is 1150 g/mol. The zero-order valence-corrected chi connectivity index (χ0v) is 46.5. The van der Waals surface area contributed by atoms with E-state index in [-0.39, 0.29) is 6.61 Å². The van der Waals surface area contributed by atoms with Gasteiger partial charge in [-0.2, -0.15) is 0 Å². The number of tetrazole rings is 6. The lowest BCUT2D eigenvalue weighted by atomic mass is 10.1. The lowest BCUT2D eigenvalue weighted by molar-refractivity contribution is 0.290. The molecule has 6 aromatic heterocycles. The molecular weight excluding hydrogens is 1080 g/mol. The van der Waals surface area contributed by atoms with Crippen molar-refractivity contribution in [2.45, 2.75) is 135 Å². The van der Waals surface area contributed by atoms with Crippen LogP contribution < -0.4 is 28.4 Å². The molecule has 0 amide bonds. The predicted octanol–water partition coefficient (Wildman–Crippen LogP) is 5.10. The van der Waals surface area contributed by atoms with E-state index < -0.39 is 0 Å². The Kier molecular flexibility index (Phi) is 23.5. The van der Waals surface area contributed by atoms with Crippen LogP contribution >= 0.6 is 0 Å². The van der Waals surface area contributed by atoms with Crippen molar-refractivity contribution in [3.05, 3.63) is 106 Å². The first-order chi connectivity index (χ1) is 41.7. The van der Waals surface area contributed by atoms with Crippen molar-refractivity contribution in [2.75, 3.05) is 33.0 Å². The predicted molar refractivity (Wildman–Crippen MR) is 296 cm³/mol. The van der Waals surface area contributed by atoms with Crippen LogP contribution in [-0.4, -0.2) is 157 Å². The van der Waals surface area contributed by atoms with Gasteiger partial charge in [0.15, 0.2) is 5.82 Å². The Hall–Kier alpha value is -10.0. The molecule has 0 atom stereocenters. The summed E-state index contributed by atoms with van der Waals surface area (Å²) >= 11 is 0. The molecule has 0 bridgehead atoms. The van der Waals surface area contributed by atoms with E-state index in [1.807, 2.05) is 48.5 Å². The third-order valence-electron chi connectivity index (χ3n) is 12.9. The van der Waals surface area contributed by atoms with Gasteiger partial charge >= 0.3 is 0 Å². The number of aromatic amines is 6. The summed E-state index contributed by atoms with van der Waals surface area (Å²) in [5.74, 6) is 21.5. The summed E-state index contributed by atoms with van der Waals surface area (Å²) in [7, 11) is 0. The van der Waals surface area contributed by atoms with Gasteiger partial charge in [-0.1, -0.05) is 23.7 Å². The molecule has 0 radical (unpaired) electrons. The highest BCUT2D eigenvalue weighted by atomic mass is 16.5. The average Bonchev–Trinajstić information content (AvgIpc) is 4.50. The molecule has 3 aromatic carbocycles. The van der Waals surface area contributed by atoms with Gasteiger partial charge in [0.25, 0.3) is 0 Å². The fourth-order valence-electron chi connectivity index (χ4n) is 8.50. The standard InChI is InChI=1S/C54H66N24O6/c1(6-16-49-55-67-68-56-49)11-29-79-43-25-27-45(80-30-12-2-7-17-50-57-69-70-58-50)39(34-43)21-23-41-36-48(83-33-15-5-10-20-53-63-75-76-64-53)42(37-47(41)82-32-14-4-9-19-52-61-73-74-62-52)24-22-40-35-44(84-38-54-65-77-78-66-54)26-28-46(40)81-31-13-3-8-18-51-59-71-72-60-51/h25-28,34-37H,1-20,29-33,38H2,(H,55,56,67,68)(H,57,58,69,70)(H,59,60,71,72)(H,61,62,73,74)(H,63,64,75,76)(H,65,66,77,78). The first-order valence-corrected chi connectivity index (χ1v) is 28.3. The highest BCUT2D eigenvalue weighted by Gasteiger charge is 2.15. The van der Waals surface area contributed by atoms with Crippen LogP contribution in [0, 0.1) is 23.7 Å². The highest BCUT2D eigenvalue weighted by molar-refractivity contribution is 5.62. The summed E-state index contributed by atoms with van der Waals surface area (Å²) in [6.07, 6.45) is 16.7. The zero-order valence-electron chi connectivity index (χ0n) is 46.5. The van der Waals surface area contributed by atoms with Gasteiger partial charge in [-0.25, -0.2) is 30.6 Å². The van der Waals surface area contributed by atoms with Crippen LogP contribution in [0.4, 0.5) is 0 Å². The molecule has 0 aliphatic heterocycles. The summed E-state index contributed by atoms with van der Waals surface area (Å²) in [5.41, 5.74) is 2.44. The number of ether oxygens (including phenoxy) is 6. The van der Waals surface area contributed by atoms with Gasteiger partial charge < -0.3 is 28.4 Å². The van der Waals surface area contributed by atoms with Crippen molar-refractivity contribution in [3.63, 3.8) is 0 Å². The molecule has 9 rings (SSSR count). The number of H-pyrrole nitrogens is 6. The van der Waals surface area contributed by atoms with Crippen LogP contribution in [0.1, 0.15) is 154 Å². The minimum atomic E-state index is 0.119. The summed E-state index contributed by atoms with van der Waals surface area (Å²) in [5, 5.41) is 85.1. The lowest BCUT2D eigenvalue weighted by Crippen LogP contribution is -2.04. The third kappa shape index (κ3) is 20.2. The summed E-state index contributed by atoms with van der Waals surface area (Å²) in [6, 6.07) is 15.1. The smallest absolute Gasteiger partial charge is 0.186 e. The van der Waals surface area contributed by atoms with Gasteiger partial charge in [0.05, 0.1) is 55.3 Å². The molecule has 6 N–H and O–H groups in total. The number of unbranched alkanes of at least 4 members (excludes halogenated alkanes) is 10. The van der Waals surface area contributed by atoms with Gasteiger partial charge in [-0.15, -0.1) is 30.6 Å². The maximum atomic E-state index is 6.66. The summed E-state index contributed by atoms with van der Waals surface area (Å²) in [4.78, 5) is 0. The summed E-state index contributed by atoms with van der Waals surface area (Å²) in [6.45, 7) is 2.39. The SMILES string of the molecule is C(#Cc1cc(OCCCCCc2nnn[nH]2)c(C#Cc2cc(OCc3nnn[nH]3)ccc2OCCCCCc2nnn[nH]2)cc1OCCCCCc1nnn[nH]1)c1cc(OCCCCCc2nnn[nH]2)ccc1OCCCCCc1nnn[nH]1. The van der Waals surface area contributed by atoms with E-state index in [4.69, 9.17) is 28.4 Å². The number of hydrogen-bond acceptors (Lipinski definition) is 24. The van der Waals surface area contributed by atoms with E-state index in [9.17, 15) is 0 Å². The lowest BCUT2D eigenvalue weighted by Gasteiger charge is -2.14. The molecular formula is C54H66N24O6. The van der Waals surface area contributed by atoms with E-state index in [0.29, 0.717) is 95.6 Å². The molecule has 0 aliphatic carbocycles. The van der Waals surface area contributed by atoms with Crippen LogP contribution in [-0.2, 0) is 38.7 Å². The highest BCUT2D eigenvalue weighted by Crippen LogP contribution is 2.32. The maximum Gasteiger partial charge on any atom is 0.186 e.